The molecule has 0 unspecified atom stereocenters. The lowest BCUT2D eigenvalue weighted by atomic mass is 10.2. The number of aromatic nitrogens is 4. The monoisotopic (exact) mass is 313 g/mol. The van der Waals surface area contributed by atoms with Gasteiger partial charge in [-0.3, -0.25) is 0 Å². The Bertz CT molecular complexity index is 717. The van der Waals surface area contributed by atoms with Crippen molar-refractivity contribution in [1.29, 1.82) is 0 Å². The number of hydrogen-bond donors (Lipinski definition) is 1. The van der Waals surface area contributed by atoms with Crippen LogP contribution in [0.1, 0.15) is 24.2 Å². The lowest BCUT2D eigenvalue weighted by molar-refractivity contribution is 0.439. The second-order valence-corrected chi connectivity index (χ2v) is 6.88. The van der Waals surface area contributed by atoms with Gasteiger partial charge in [0, 0.05) is 19.5 Å². The molecule has 1 N–H and O–H groups in total. The third-order valence-electron chi connectivity index (χ3n) is 3.16. The fourth-order valence-corrected chi connectivity index (χ4v) is 3.48. The molecule has 9 heteroatoms. The Kier molecular flexibility index (Phi) is 4.33. The van der Waals surface area contributed by atoms with Crippen LogP contribution in [0, 0.1) is 12.7 Å². The van der Waals surface area contributed by atoms with Crippen LogP contribution < -0.4 is 0 Å². The normalized spacial score (nSPS) is 13.6. The van der Waals surface area contributed by atoms with Crippen LogP contribution >= 0.6 is 0 Å². The average Bonchev–Trinajstić information content (AvgIpc) is 2.91. The first-order valence-corrected chi connectivity index (χ1v) is 7.72. The van der Waals surface area contributed by atoms with Gasteiger partial charge in [0.15, 0.2) is 5.82 Å². The molecule has 21 heavy (non-hydrogen) atoms. The molecule has 2 aromatic rings. The van der Waals surface area contributed by atoms with Gasteiger partial charge in [-0.2, -0.15) is 5.21 Å². The summed E-state index contributed by atoms with van der Waals surface area (Å²) in [6.07, 6.45) is 0. The average molecular weight is 313 g/mol. The molecule has 114 valence electrons. The first kappa shape index (κ1) is 15.5. The quantitative estimate of drug-likeness (QED) is 0.891. The SMILES string of the molecule is Cc1cc(F)ccc1S(=O)(=O)N(C)C[C@H](C)c1nn[nH]n1. The third kappa shape index (κ3) is 3.24. The number of nitrogens with zero attached hydrogens (tertiary/aromatic N) is 4. The Morgan fingerprint density at radius 3 is 2.71 bits per heavy atom. The number of halogens is 1. The molecule has 0 amide bonds. The molecule has 2 rings (SSSR count). The molecule has 0 aliphatic carbocycles. The van der Waals surface area contributed by atoms with Gasteiger partial charge in [-0.15, -0.1) is 10.2 Å². The van der Waals surface area contributed by atoms with E-state index < -0.39 is 15.8 Å². The fraction of sp³-hybridized carbons (Fsp3) is 0.417. The lowest BCUT2D eigenvalue weighted by Crippen LogP contribution is -2.31. The summed E-state index contributed by atoms with van der Waals surface area (Å²) in [5.41, 5.74) is 0.370. The zero-order valence-corrected chi connectivity index (χ0v) is 12.7. The molecular weight excluding hydrogens is 297 g/mol. The summed E-state index contributed by atoms with van der Waals surface area (Å²) in [6.45, 7) is 3.56. The molecular formula is C12H16FN5O2S. The lowest BCUT2D eigenvalue weighted by Gasteiger charge is -2.20. The minimum Gasteiger partial charge on any atom is -0.207 e. The zero-order valence-electron chi connectivity index (χ0n) is 11.9. The van der Waals surface area contributed by atoms with Gasteiger partial charge < -0.3 is 0 Å². The van der Waals surface area contributed by atoms with E-state index in [1.165, 1.54) is 23.5 Å². The number of rotatable bonds is 5. The van der Waals surface area contributed by atoms with E-state index in [-0.39, 0.29) is 17.4 Å². The maximum absolute atomic E-state index is 13.1. The van der Waals surface area contributed by atoms with Crippen molar-refractivity contribution >= 4 is 10.0 Å². The van der Waals surface area contributed by atoms with Crippen LogP contribution in [0.3, 0.4) is 0 Å². The minimum absolute atomic E-state index is 0.0895. The van der Waals surface area contributed by atoms with Gasteiger partial charge in [-0.25, -0.2) is 17.1 Å². The van der Waals surface area contributed by atoms with Crippen molar-refractivity contribution in [2.75, 3.05) is 13.6 Å². The van der Waals surface area contributed by atoms with Gasteiger partial charge in [0.1, 0.15) is 5.82 Å². The molecule has 1 atom stereocenters. The van der Waals surface area contributed by atoms with E-state index in [2.05, 4.69) is 20.6 Å². The molecule has 7 nitrogen and oxygen atoms in total. The van der Waals surface area contributed by atoms with Gasteiger partial charge in [0.2, 0.25) is 10.0 Å². The van der Waals surface area contributed by atoms with Crippen molar-refractivity contribution in [1.82, 2.24) is 24.9 Å². The summed E-state index contributed by atoms with van der Waals surface area (Å²) in [4.78, 5) is 0.0895. The number of benzene rings is 1. The number of sulfonamides is 1. The van der Waals surface area contributed by atoms with Crippen LogP contribution in [-0.4, -0.2) is 46.9 Å². The number of tetrazole rings is 1. The highest BCUT2D eigenvalue weighted by atomic mass is 32.2. The predicted octanol–water partition coefficient (Wildman–Crippen LogP) is 1.07. The van der Waals surface area contributed by atoms with Crippen LogP contribution in [0.2, 0.25) is 0 Å². The Morgan fingerprint density at radius 2 is 2.14 bits per heavy atom. The molecule has 0 saturated heterocycles. The maximum atomic E-state index is 13.1. The molecule has 1 aromatic carbocycles. The number of H-pyrrole nitrogens is 1. The van der Waals surface area contributed by atoms with E-state index in [0.29, 0.717) is 11.4 Å². The van der Waals surface area contributed by atoms with E-state index in [9.17, 15) is 12.8 Å². The molecule has 1 aromatic heterocycles. The van der Waals surface area contributed by atoms with Gasteiger partial charge >= 0.3 is 0 Å². The summed E-state index contributed by atoms with van der Waals surface area (Å²) in [7, 11) is -2.23. The summed E-state index contributed by atoms with van der Waals surface area (Å²) in [5, 5.41) is 13.4. The Hall–Kier alpha value is -1.87. The van der Waals surface area contributed by atoms with Gasteiger partial charge in [-0.1, -0.05) is 12.1 Å². The number of likely N-dealkylation sites (N-methyl/N-ethyl adjacent to an activating group) is 1. The van der Waals surface area contributed by atoms with Gasteiger partial charge in [-0.05, 0) is 30.7 Å². The van der Waals surface area contributed by atoms with E-state index in [1.54, 1.807) is 13.8 Å². The van der Waals surface area contributed by atoms with Crippen LogP contribution in [0.25, 0.3) is 0 Å². The second-order valence-electron chi connectivity index (χ2n) is 4.87. The van der Waals surface area contributed by atoms with Crippen LogP contribution in [0.5, 0.6) is 0 Å². The highest BCUT2D eigenvalue weighted by molar-refractivity contribution is 7.89. The summed E-state index contributed by atoms with van der Waals surface area (Å²) in [5.74, 6) is -0.244. The topological polar surface area (TPSA) is 91.8 Å². The summed E-state index contributed by atoms with van der Waals surface area (Å²) < 4.78 is 39.3. The van der Waals surface area contributed by atoms with E-state index in [1.807, 2.05) is 0 Å². The highest BCUT2D eigenvalue weighted by Gasteiger charge is 2.25. The number of nitrogens with one attached hydrogen (secondary N) is 1. The number of aromatic amines is 1. The van der Waals surface area contributed by atoms with Crippen molar-refractivity contribution in [3.05, 3.63) is 35.4 Å². The molecule has 0 radical (unpaired) electrons. The molecule has 0 saturated carbocycles. The predicted molar refractivity (Wildman–Crippen MR) is 73.5 cm³/mol. The first-order chi connectivity index (χ1) is 9.82. The summed E-state index contributed by atoms with van der Waals surface area (Å²) in [6, 6.07) is 3.61. The van der Waals surface area contributed by atoms with Crippen LogP contribution in [0.4, 0.5) is 4.39 Å². The maximum Gasteiger partial charge on any atom is 0.243 e. The Balaban J connectivity index is 2.22. The van der Waals surface area contributed by atoms with Crippen molar-refractivity contribution in [3.8, 4) is 0 Å². The zero-order chi connectivity index (χ0) is 15.6. The van der Waals surface area contributed by atoms with Crippen molar-refractivity contribution < 1.29 is 12.8 Å². The largest absolute Gasteiger partial charge is 0.243 e. The van der Waals surface area contributed by atoms with Crippen molar-refractivity contribution in [3.63, 3.8) is 0 Å². The number of aryl methyl sites for hydroxylation is 1. The highest BCUT2D eigenvalue weighted by Crippen LogP contribution is 2.21. The van der Waals surface area contributed by atoms with Crippen LogP contribution in [0.15, 0.2) is 23.1 Å². The molecule has 0 fully saturated rings. The van der Waals surface area contributed by atoms with Crippen molar-refractivity contribution in [2.24, 2.45) is 0 Å². The number of hydrogen-bond acceptors (Lipinski definition) is 5. The van der Waals surface area contributed by atoms with Gasteiger partial charge in [0.25, 0.3) is 0 Å². The molecule has 0 aliphatic heterocycles. The van der Waals surface area contributed by atoms with Crippen molar-refractivity contribution in [2.45, 2.75) is 24.7 Å². The third-order valence-corrected chi connectivity index (χ3v) is 5.14. The Morgan fingerprint density at radius 1 is 1.43 bits per heavy atom. The smallest absolute Gasteiger partial charge is 0.207 e. The fourth-order valence-electron chi connectivity index (χ4n) is 2.01. The molecule has 1 heterocycles. The summed E-state index contributed by atoms with van der Waals surface area (Å²) >= 11 is 0. The Labute approximate surface area is 122 Å². The second kappa shape index (κ2) is 5.86. The molecule has 0 aliphatic rings. The van der Waals surface area contributed by atoms with Gasteiger partial charge in [0.05, 0.1) is 4.90 Å². The molecule has 0 spiro atoms. The first-order valence-electron chi connectivity index (χ1n) is 6.28. The van der Waals surface area contributed by atoms with Crippen LogP contribution in [-0.2, 0) is 10.0 Å². The van der Waals surface area contributed by atoms with E-state index in [4.69, 9.17) is 0 Å². The van der Waals surface area contributed by atoms with E-state index >= 15 is 0 Å². The van der Waals surface area contributed by atoms with E-state index in [0.717, 1.165) is 6.07 Å². The standard InChI is InChI=1S/C12H16FN5O2S/c1-8-6-10(13)4-5-11(8)21(19,20)18(3)7-9(2)12-14-16-17-15-12/h4-6,9H,7H2,1-3H3,(H,14,15,16,17)/t9-/m0/s1. The molecule has 0 bridgehead atoms. The minimum atomic E-state index is -3.69.